The summed E-state index contributed by atoms with van der Waals surface area (Å²) in [7, 11) is 0. The average Bonchev–Trinajstić information content (AvgIpc) is 3.29. The molecule has 7 heteroatoms. The summed E-state index contributed by atoms with van der Waals surface area (Å²) >= 11 is 0. The van der Waals surface area contributed by atoms with E-state index in [4.69, 9.17) is 4.74 Å². The second-order valence-corrected chi connectivity index (χ2v) is 7.89. The SMILES string of the molecule is O=C(CN1CCOCC1)N1CCC2(C(=O)Nc3ccccc32)C1c1cccnc1. The maximum absolute atomic E-state index is 13.3. The Bertz CT molecular complexity index is 929. The Labute approximate surface area is 169 Å². The highest BCUT2D eigenvalue weighted by atomic mass is 16.5. The summed E-state index contributed by atoms with van der Waals surface area (Å²) in [6.07, 6.45) is 4.10. The Balaban J connectivity index is 1.54. The highest BCUT2D eigenvalue weighted by Crippen LogP contribution is 2.54. The third kappa shape index (κ3) is 2.92. The number of anilines is 1. The van der Waals surface area contributed by atoms with E-state index >= 15 is 0 Å². The molecule has 0 radical (unpaired) electrons. The van der Waals surface area contributed by atoms with E-state index in [1.165, 1.54) is 0 Å². The molecule has 2 saturated heterocycles. The van der Waals surface area contributed by atoms with E-state index in [9.17, 15) is 9.59 Å². The molecule has 3 aliphatic heterocycles. The van der Waals surface area contributed by atoms with Gasteiger partial charge < -0.3 is 15.0 Å². The lowest BCUT2D eigenvalue weighted by Gasteiger charge is -2.35. The van der Waals surface area contributed by atoms with Crippen molar-refractivity contribution in [1.82, 2.24) is 14.8 Å². The van der Waals surface area contributed by atoms with Crippen molar-refractivity contribution in [3.63, 3.8) is 0 Å². The number of likely N-dealkylation sites (tertiary alicyclic amines) is 1. The largest absolute Gasteiger partial charge is 0.379 e. The minimum absolute atomic E-state index is 0.0331. The summed E-state index contributed by atoms with van der Waals surface area (Å²) in [5.74, 6) is 0.0176. The van der Waals surface area contributed by atoms with Crippen LogP contribution in [0, 0.1) is 0 Å². The summed E-state index contributed by atoms with van der Waals surface area (Å²) in [6.45, 7) is 3.71. The lowest BCUT2D eigenvalue weighted by Crippen LogP contribution is -2.47. The zero-order chi connectivity index (χ0) is 19.8. The number of rotatable bonds is 3. The number of fused-ring (bicyclic) bond motifs is 2. The number of para-hydroxylation sites is 1. The molecule has 29 heavy (non-hydrogen) atoms. The standard InChI is InChI=1S/C22H24N4O3/c27-19(15-25-10-12-29-13-11-25)26-9-7-22(20(26)16-4-3-8-23-14-16)17-5-1-2-6-18(17)24-21(22)28/h1-6,8,14,20H,7,9-13,15H2,(H,24,28). The van der Waals surface area contributed by atoms with Gasteiger partial charge in [-0.15, -0.1) is 0 Å². The predicted octanol–water partition coefficient (Wildman–Crippen LogP) is 1.58. The van der Waals surface area contributed by atoms with Crippen LogP contribution in [0.2, 0.25) is 0 Å². The fourth-order valence-corrected chi connectivity index (χ4v) is 5.00. The first-order chi connectivity index (χ1) is 14.2. The summed E-state index contributed by atoms with van der Waals surface area (Å²) in [5.41, 5.74) is 1.93. The van der Waals surface area contributed by atoms with Gasteiger partial charge >= 0.3 is 0 Å². The lowest BCUT2D eigenvalue weighted by molar-refractivity contribution is -0.135. The maximum Gasteiger partial charge on any atom is 0.237 e. The molecule has 2 unspecified atom stereocenters. The summed E-state index contributed by atoms with van der Waals surface area (Å²) in [4.78, 5) is 34.9. The minimum Gasteiger partial charge on any atom is -0.379 e. The zero-order valence-corrected chi connectivity index (χ0v) is 16.2. The first kappa shape index (κ1) is 18.3. The van der Waals surface area contributed by atoms with E-state index in [0.29, 0.717) is 32.7 Å². The molecule has 0 bridgehead atoms. The topological polar surface area (TPSA) is 74.8 Å². The molecule has 1 spiro atoms. The van der Waals surface area contributed by atoms with Gasteiger partial charge in [-0.3, -0.25) is 19.5 Å². The fourth-order valence-electron chi connectivity index (χ4n) is 5.00. The Morgan fingerprint density at radius 2 is 2.00 bits per heavy atom. The molecule has 2 fully saturated rings. The highest BCUT2D eigenvalue weighted by molar-refractivity contribution is 6.07. The number of hydrogen-bond acceptors (Lipinski definition) is 5. The van der Waals surface area contributed by atoms with E-state index < -0.39 is 5.41 Å². The van der Waals surface area contributed by atoms with Crippen LogP contribution in [0.25, 0.3) is 0 Å². The van der Waals surface area contributed by atoms with Gasteiger partial charge in [0.2, 0.25) is 11.8 Å². The molecule has 4 heterocycles. The molecule has 1 N–H and O–H groups in total. The molecule has 7 nitrogen and oxygen atoms in total. The molecule has 5 rings (SSSR count). The van der Waals surface area contributed by atoms with Gasteiger partial charge in [-0.2, -0.15) is 0 Å². The van der Waals surface area contributed by atoms with Crippen molar-refractivity contribution >= 4 is 17.5 Å². The molecule has 0 saturated carbocycles. The van der Waals surface area contributed by atoms with Crippen LogP contribution in [0.4, 0.5) is 5.69 Å². The van der Waals surface area contributed by atoms with Crippen molar-refractivity contribution in [3.05, 3.63) is 59.9 Å². The predicted molar refractivity (Wildman–Crippen MR) is 107 cm³/mol. The molecule has 1 aromatic carbocycles. The van der Waals surface area contributed by atoms with Crippen LogP contribution in [-0.2, 0) is 19.7 Å². The van der Waals surface area contributed by atoms with E-state index in [0.717, 1.165) is 29.9 Å². The maximum atomic E-state index is 13.3. The first-order valence-corrected chi connectivity index (χ1v) is 10.1. The second-order valence-electron chi connectivity index (χ2n) is 7.89. The van der Waals surface area contributed by atoms with Crippen LogP contribution in [0.5, 0.6) is 0 Å². The van der Waals surface area contributed by atoms with Crippen molar-refractivity contribution in [1.29, 1.82) is 0 Å². The average molecular weight is 392 g/mol. The Morgan fingerprint density at radius 3 is 2.79 bits per heavy atom. The molecule has 3 aliphatic rings. The smallest absolute Gasteiger partial charge is 0.237 e. The highest BCUT2D eigenvalue weighted by Gasteiger charge is 2.59. The summed E-state index contributed by atoms with van der Waals surface area (Å²) < 4.78 is 5.40. The molecule has 1 aromatic heterocycles. The molecular weight excluding hydrogens is 368 g/mol. The van der Waals surface area contributed by atoms with Crippen molar-refractivity contribution in [2.75, 3.05) is 44.7 Å². The van der Waals surface area contributed by atoms with Crippen LogP contribution in [-0.4, -0.2) is 66.0 Å². The first-order valence-electron chi connectivity index (χ1n) is 10.1. The van der Waals surface area contributed by atoms with Crippen LogP contribution in [0.15, 0.2) is 48.8 Å². The van der Waals surface area contributed by atoms with Crippen molar-refractivity contribution < 1.29 is 14.3 Å². The molecule has 0 aliphatic carbocycles. The van der Waals surface area contributed by atoms with Crippen LogP contribution >= 0.6 is 0 Å². The number of pyridine rings is 1. The van der Waals surface area contributed by atoms with Crippen molar-refractivity contribution in [2.45, 2.75) is 17.9 Å². The van der Waals surface area contributed by atoms with Crippen LogP contribution < -0.4 is 5.32 Å². The third-order valence-electron chi connectivity index (χ3n) is 6.37. The number of amides is 2. The van der Waals surface area contributed by atoms with Gasteiger partial charge in [0.05, 0.1) is 25.8 Å². The van der Waals surface area contributed by atoms with Crippen LogP contribution in [0.1, 0.15) is 23.6 Å². The zero-order valence-electron chi connectivity index (χ0n) is 16.2. The van der Waals surface area contributed by atoms with E-state index in [-0.39, 0.29) is 17.9 Å². The molecule has 2 aromatic rings. The van der Waals surface area contributed by atoms with E-state index in [1.54, 1.807) is 12.4 Å². The van der Waals surface area contributed by atoms with Gasteiger partial charge in [0, 0.05) is 37.7 Å². The lowest BCUT2D eigenvalue weighted by atomic mass is 9.73. The Morgan fingerprint density at radius 1 is 1.17 bits per heavy atom. The Hall–Kier alpha value is -2.77. The second kappa shape index (κ2) is 7.24. The van der Waals surface area contributed by atoms with Gasteiger partial charge in [0.15, 0.2) is 0 Å². The number of morpholine rings is 1. The molecular formula is C22H24N4O3. The van der Waals surface area contributed by atoms with E-state index in [2.05, 4.69) is 15.2 Å². The van der Waals surface area contributed by atoms with Crippen molar-refractivity contribution in [3.8, 4) is 0 Å². The van der Waals surface area contributed by atoms with Gasteiger partial charge in [-0.25, -0.2) is 0 Å². The number of aromatic nitrogens is 1. The number of nitrogens with one attached hydrogen (secondary N) is 1. The van der Waals surface area contributed by atoms with E-state index in [1.807, 2.05) is 41.3 Å². The minimum atomic E-state index is -0.777. The monoisotopic (exact) mass is 392 g/mol. The number of nitrogens with zero attached hydrogens (tertiary/aromatic N) is 3. The summed E-state index contributed by atoms with van der Waals surface area (Å²) in [6, 6.07) is 11.3. The third-order valence-corrected chi connectivity index (χ3v) is 6.37. The van der Waals surface area contributed by atoms with Gasteiger partial charge in [0.1, 0.15) is 5.41 Å². The number of benzene rings is 1. The number of ether oxygens (including phenoxy) is 1. The summed E-state index contributed by atoms with van der Waals surface area (Å²) in [5, 5.41) is 3.05. The van der Waals surface area contributed by atoms with Gasteiger partial charge in [-0.1, -0.05) is 24.3 Å². The normalized spacial score (nSPS) is 26.6. The van der Waals surface area contributed by atoms with Crippen molar-refractivity contribution in [2.24, 2.45) is 0 Å². The quantitative estimate of drug-likeness (QED) is 0.859. The molecule has 2 atom stereocenters. The number of carbonyl (C=O) groups excluding carboxylic acids is 2. The number of hydrogen-bond donors (Lipinski definition) is 1. The Kier molecular flexibility index (Phi) is 4.56. The molecule has 150 valence electrons. The fraction of sp³-hybridized carbons (Fsp3) is 0.409. The van der Waals surface area contributed by atoms with Gasteiger partial charge in [0.25, 0.3) is 0 Å². The number of carbonyl (C=O) groups is 2. The van der Waals surface area contributed by atoms with Gasteiger partial charge in [-0.05, 0) is 29.7 Å². The molecule has 2 amide bonds. The van der Waals surface area contributed by atoms with Crippen LogP contribution in [0.3, 0.4) is 0 Å².